The van der Waals surface area contributed by atoms with Crippen molar-refractivity contribution in [3.8, 4) is 16.9 Å². The van der Waals surface area contributed by atoms with Crippen molar-refractivity contribution in [2.24, 2.45) is 5.73 Å². The molecule has 0 saturated heterocycles. The summed E-state index contributed by atoms with van der Waals surface area (Å²) in [5.41, 5.74) is 9.34. The molecular formula is C18H23NO2. The molecule has 2 aromatic rings. The number of para-hydroxylation sites is 1. The van der Waals surface area contributed by atoms with Crippen LogP contribution in [0.1, 0.15) is 12.5 Å². The molecule has 3 nitrogen and oxygen atoms in total. The Morgan fingerprint density at radius 3 is 2.38 bits per heavy atom. The van der Waals surface area contributed by atoms with E-state index in [2.05, 4.69) is 30.3 Å². The van der Waals surface area contributed by atoms with Crippen molar-refractivity contribution >= 4 is 0 Å². The van der Waals surface area contributed by atoms with E-state index in [0.29, 0.717) is 13.2 Å². The summed E-state index contributed by atoms with van der Waals surface area (Å²) in [6, 6.07) is 16.7. The lowest BCUT2D eigenvalue weighted by Crippen LogP contribution is -2.17. The van der Waals surface area contributed by atoms with Crippen molar-refractivity contribution in [2.45, 2.75) is 19.4 Å². The number of hydrogen-bond acceptors (Lipinski definition) is 3. The number of nitrogens with two attached hydrogens (primary N) is 1. The molecule has 3 heteroatoms. The third kappa shape index (κ3) is 4.59. The van der Waals surface area contributed by atoms with Crippen LogP contribution in [0.2, 0.25) is 0 Å². The average Bonchev–Trinajstić information content (AvgIpc) is 2.48. The first-order chi connectivity index (χ1) is 10.2. The van der Waals surface area contributed by atoms with E-state index in [0.717, 1.165) is 23.3 Å². The molecule has 1 unspecified atom stereocenters. The van der Waals surface area contributed by atoms with Gasteiger partial charge in [-0.25, -0.2) is 0 Å². The highest BCUT2D eigenvalue weighted by Gasteiger charge is 2.06. The number of benzene rings is 2. The van der Waals surface area contributed by atoms with Crippen LogP contribution in [0.3, 0.4) is 0 Å². The van der Waals surface area contributed by atoms with Crippen molar-refractivity contribution in [3.63, 3.8) is 0 Å². The van der Waals surface area contributed by atoms with E-state index in [9.17, 15) is 0 Å². The second-order valence-electron chi connectivity index (χ2n) is 5.22. The zero-order valence-corrected chi connectivity index (χ0v) is 12.7. The molecule has 0 saturated carbocycles. The van der Waals surface area contributed by atoms with Crippen LogP contribution in [0.5, 0.6) is 5.75 Å². The quantitative estimate of drug-likeness (QED) is 0.794. The summed E-state index contributed by atoms with van der Waals surface area (Å²) in [7, 11) is 1.67. The number of hydrogen-bond donors (Lipinski definition) is 1. The van der Waals surface area contributed by atoms with E-state index in [1.807, 2.05) is 25.1 Å². The summed E-state index contributed by atoms with van der Waals surface area (Å²) in [5, 5.41) is 0. The molecule has 21 heavy (non-hydrogen) atoms. The Morgan fingerprint density at radius 1 is 1.00 bits per heavy atom. The highest BCUT2D eigenvalue weighted by molar-refractivity contribution is 5.70. The van der Waals surface area contributed by atoms with E-state index >= 15 is 0 Å². The van der Waals surface area contributed by atoms with Gasteiger partial charge in [0.05, 0.1) is 6.61 Å². The van der Waals surface area contributed by atoms with Gasteiger partial charge >= 0.3 is 0 Å². The van der Waals surface area contributed by atoms with E-state index in [1.165, 1.54) is 5.56 Å². The van der Waals surface area contributed by atoms with Crippen molar-refractivity contribution in [2.75, 3.05) is 20.3 Å². The third-order valence-electron chi connectivity index (χ3n) is 3.25. The van der Waals surface area contributed by atoms with Gasteiger partial charge < -0.3 is 15.2 Å². The van der Waals surface area contributed by atoms with Crippen LogP contribution in [-0.2, 0) is 11.2 Å². The fourth-order valence-electron chi connectivity index (χ4n) is 2.26. The monoisotopic (exact) mass is 285 g/mol. The Balaban J connectivity index is 2.17. The lowest BCUT2D eigenvalue weighted by molar-refractivity contribution is 0.146. The first kappa shape index (κ1) is 15.5. The molecule has 0 amide bonds. The predicted octanol–water partition coefficient (Wildman–Crippen LogP) is 3.27. The standard InChI is InChI=1S/C18H23NO2/c1-14(19)13-15-7-9-16(10-8-15)17-5-3-4-6-18(17)21-12-11-20-2/h3-10,14H,11-13,19H2,1-2H3. The normalized spacial score (nSPS) is 12.1. The summed E-state index contributed by atoms with van der Waals surface area (Å²) < 4.78 is 10.8. The Labute approximate surface area is 126 Å². The summed E-state index contributed by atoms with van der Waals surface area (Å²) in [6.07, 6.45) is 0.895. The molecule has 0 aromatic heterocycles. The predicted molar refractivity (Wildman–Crippen MR) is 86.6 cm³/mol. The smallest absolute Gasteiger partial charge is 0.127 e. The fraction of sp³-hybridized carbons (Fsp3) is 0.333. The van der Waals surface area contributed by atoms with E-state index in [4.69, 9.17) is 15.2 Å². The zero-order valence-electron chi connectivity index (χ0n) is 12.7. The molecule has 0 aliphatic heterocycles. The Hall–Kier alpha value is -1.84. The van der Waals surface area contributed by atoms with Gasteiger partial charge in [0.15, 0.2) is 0 Å². The van der Waals surface area contributed by atoms with Crippen molar-refractivity contribution < 1.29 is 9.47 Å². The van der Waals surface area contributed by atoms with Crippen molar-refractivity contribution in [3.05, 3.63) is 54.1 Å². The number of ether oxygens (including phenoxy) is 2. The Morgan fingerprint density at radius 2 is 1.71 bits per heavy atom. The van der Waals surface area contributed by atoms with Crippen LogP contribution in [0.15, 0.2) is 48.5 Å². The molecule has 0 aliphatic carbocycles. The van der Waals surface area contributed by atoms with Crippen LogP contribution in [0, 0.1) is 0 Å². The van der Waals surface area contributed by atoms with Gasteiger partial charge in [-0.2, -0.15) is 0 Å². The first-order valence-electron chi connectivity index (χ1n) is 7.26. The van der Waals surface area contributed by atoms with Crippen LogP contribution in [0.4, 0.5) is 0 Å². The van der Waals surface area contributed by atoms with Crippen LogP contribution < -0.4 is 10.5 Å². The third-order valence-corrected chi connectivity index (χ3v) is 3.25. The summed E-state index contributed by atoms with van der Waals surface area (Å²) in [5.74, 6) is 0.884. The SMILES string of the molecule is COCCOc1ccccc1-c1ccc(CC(C)N)cc1. The second-order valence-corrected chi connectivity index (χ2v) is 5.22. The summed E-state index contributed by atoms with van der Waals surface area (Å²) in [6.45, 7) is 3.16. The van der Waals surface area contributed by atoms with Gasteiger partial charge in [-0.05, 0) is 30.5 Å². The van der Waals surface area contributed by atoms with Crippen molar-refractivity contribution in [1.82, 2.24) is 0 Å². The molecule has 0 radical (unpaired) electrons. The molecule has 0 spiro atoms. The average molecular weight is 285 g/mol. The maximum absolute atomic E-state index is 5.83. The molecule has 2 aromatic carbocycles. The van der Waals surface area contributed by atoms with Gasteiger partial charge in [-0.15, -0.1) is 0 Å². The minimum Gasteiger partial charge on any atom is -0.491 e. The van der Waals surface area contributed by atoms with Crippen LogP contribution in [-0.4, -0.2) is 26.4 Å². The lowest BCUT2D eigenvalue weighted by atomic mass is 10.0. The van der Waals surface area contributed by atoms with Gasteiger partial charge in [0.25, 0.3) is 0 Å². The molecule has 0 fully saturated rings. The maximum Gasteiger partial charge on any atom is 0.127 e. The van der Waals surface area contributed by atoms with Gasteiger partial charge in [-0.1, -0.05) is 42.5 Å². The van der Waals surface area contributed by atoms with Gasteiger partial charge in [0.2, 0.25) is 0 Å². The van der Waals surface area contributed by atoms with E-state index < -0.39 is 0 Å². The highest BCUT2D eigenvalue weighted by Crippen LogP contribution is 2.30. The van der Waals surface area contributed by atoms with Gasteiger partial charge in [0, 0.05) is 18.7 Å². The van der Waals surface area contributed by atoms with Crippen LogP contribution in [0.25, 0.3) is 11.1 Å². The molecule has 112 valence electrons. The molecule has 2 rings (SSSR count). The molecule has 1 atom stereocenters. The van der Waals surface area contributed by atoms with E-state index in [-0.39, 0.29) is 6.04 Å². The largest absolute Gasteiger partial charge is 0.491 e. The minimum absolute atomic E-state index is 0.181. The highest BCUT2D eigenvalue weighted by atomic mass is 16.5. The first-order valence-corrected chi connectivity index (χ1v) is 7.26. The lowest BCUT2D eigenvalue weighted by Gasteiger charge is -2.12. The summed E-state index contributed by atoms with van der Waals surface area (Å²) in [4.78, 5) is 0. The van der Waals surface area contributed by atoms with Crippen molar-refractivity contribution in [1.29, 1.82) is 0 Å². The number of rotatable bonds is 7. The number of methoxy groups -OCH3 is 1. The zero-order chi connectivity index (χ0) is 15.1. The van der Waals surface area contributed by atoms with Crippen LogP contribution >= 0.6 is 0 Å². The minimum atomic E-state index is 0.181. The molecular weight excluding hydrogens is 262 g/mol. The molecule has 2 N–H and O–H groups in total. The second kappa shape index (κ2) is 7.81. The topological polar surface area (TPSA) is 44.5 Å². The Kier molecular flexibility index (Phi) is 5.78. The summed E-state index contributed by atoms with van der Waals surface area (Å²) >= 11 is 0. The van der Waals surface area contributed by atoms with E-state index in [1.54, 1.807) is 7.11 Å². The van der Waals surface area contributed by atoms with Gasteiger partial charge in [0.1, 0.15) is 12.4 Å². The molecule has 0 aliphatic rings. The Bertz CT molecular complexity index is 549. The molecule has 0 bridgehead atoms. The molecule has 0 heterocycles. The fourth-order valence-corrected chi connectivity index (χ4v) is 2.26. The maximum atomic E-state index is 5.83. The van der Waals surface area contributed by atoms with Gasteiger partial charge in [-0.3, -0.25) is 0 Å².